The molecule has 0 aliphatic heterocycles. The lowest BCUT2D eigenvalue weighted by Gasteiger charge is -2.11. The Morgan fingerprint density at radius 2 is 1.75 bits per heavy atom. The van der Waals surface area contributed by atoms with Gasteiger partial charge in [0, 0.05) is 5.56 Å². The molecule has 0 spiro atoms. The number of carbonyl (C=O) groups is 1. The number of aromatic nitrogens is 3. The van der Waals surface area contributed by atoms with Gasteiger partial charge in [-0.1, -0.05) is 17.3 Å². The number of hydrogen-bond acceptors (Lipinski definition) is 5. The first kappa shape index (κ1) is 15.5. The summed E-state index contributed by atoms with van der Waals surface area (Å²) in [5.74, 6) is 0.0861. The number of nitrogens with zero attached hydrogens (tertiary/aromatic N) is 3. The molecular formula is C17H15N3O4. The van der Waals surface area contributed by atoms with Crippen LogP contribution in [0.1, 0.15) is 10.5 Å². The topological polar surface area (TPSA) is 86.5 Å². The first-order valence-electron chi connectivity index (χ1n) is 7.12. The molecule has 0 atom stereocenters. The normalized spacial score (nSPS) is 10.4. The van der Waals surface area contributed by atoms with Crippen LogP contribution in [0.25, 0.3) is 16.9 Å². The molecule has 1 aromatic heterocycles. The molecule has 0 saturated heterocycles. The predicted molar refractivity (Wildman–Crippen MR) is 86.9 cm³/mol. The van der Waals surface area contributed by atoms with E-state index in [1.165, 1.54) is 4.68 Å². The van der Waals surface area contributed by atoms with Crippen molar-refractivity contribution >= 4 is 5.97 Å². The standard InChI is InChI=1S/C17H15N3O4/c1-23-12-9-7-11(8-10-12)16-15(17(21)22)18-19-20(16)13-5-3-4-6-14(13)24-2/h3-10H,1-2H3,(H,21,22). The minimum absolute atomic E-state index is 0.133. The average molecular weight is 325 g/mol. The molecule has 0 aliphatic rings. The summed E-state index contributed by atoms with van der Waals surface area (Å²) in [5.41, 5.74) is 1.50. The van der Waals surface area contributed by atoms with Crippen molar-refractivity contribution in [2.75, 3.05) is 14.2 Å². The molecular weight excluding hydrogens is 310 g/mol. The number of carboxylic acid groups (broad SMARTS) is 1. The highest BCUT2D eigenvalue weighted by Crippen LogP contribution is 2.30. The van der Waals surface area contributed by atoms with E-state index in [0.29, 0.717) is 28.4 Å². The van der Waals surface area contributed by atoms with Crippen molar-refractivity contribution in [2.24, 2.45) is 0 Å². The van der Waals surface area contributed by atoms with Gasteiger partial charge in [-0.05, 0) is 36.4 Å². The molecule has 0 saturated carbocycles. The number of methoxy groups -OCH3 is 2. The predicted octanol–water partition coefficient (Wildman–Crippen LogP) is 2.65. The van der Waals surface area contributed by atoms with Crippen LogP contribution in [0.3, 0.4) is 0 Å². The van der Waals surface area contributed by atoms with E-state index in [2.05, 4.69) is 10.3 Å². The fourth-order valence-corrected chi connectivity index (χ4v) is 2.41. The molecule has 0 bridgehead atoms. The summed E-state index contributed by atoms with van der Waals surface area (Å²) in [7, 11) is 3.11. The van der Waals surface area contributed by atoms with Crippen molar-refractivity contribution in [1.29, 1.82) is 0 Å². The molecule has 0 amide bonds. The molecule has 122 valence electrons. The van der Waals surface area contributed by atoms with E-state index >= 15 is 0 Å². The van der Waals surface area contributed by atoms with Gasteiger partial charge >= 0.3 is 5.97 Å². The summed E-state index contributed by atoms with van der Waals surface area (Å²) in [6.07, 6.45) is 0. The van der Waals surface area contributed by atoms with Gasteiger partial charge in [-0.3, -0.25) is 0 Å². The van der Waals surface area contributed by atoms with Gasteiger partial charge in [0.1, 0.15) is 22.9 Å². The monoisotopic (exact) mass is 325 g/mol. The SMILES string of the molecule is COc1ccc(-c2c(C(=O)O)nnn2-c2ccccc2OC)cc1. The van der Waals surface area contributed by atoms with Crippen LogP contribution in [0.4, 0.5) is 0 Å². The lowest BCUT2D eigenvalue weighted by Crippen LogP contribution is -2.04. The van der Waals surface area contributed by atoms with E-state index in [1.54, 1.807) is 50.6 Å². The van der Waals surface area contributed by atoms with E-state index in [0.717, 1.165) is 0 Å². The van der Waals surface area contributed by atoms with Crippen LogP contribution >= 0.6 is 0 Å². The number of ether oxygens (including phenoxy) is 2. The maximum atomic E-state index is 11.5. The second kappa shape index (κ2) is 6.41. The van der Waals surface area contributed by atoms with Crippen LogP contribution in [-0.4, -0.2) is 40.3 Å². The fourth-order valence-electron chi connectivity index (χ4n) is 2.41. The molecule has 0 radical (unpaired) electrons. The van der Waals surface area contributed by atoms with Crippen LogP contribution in [0.2, 0.25) is 0 Å². The van der Waals surface area contributed by atoms with E-state index in [4.69, 9.17) is 9.47 Å². The Labute approximate surface area is 138 Å². The van der Waals surface area contributed by atoms with Gasteiger partial charge < -0.3 is 14.6 Å². The third-order valence-corrected chi connectivity index (χ3v) is 3.55. The molecule has 0 aliphatic carbocycles. The Morgan fingerprint density at radius 1 is 1.04 bits per heavy atom. The van der Waals surface area contributed by atoms with Crippen molar-refractivity contribution in [3.8, 4) is 28.4 Å². The molecule has 2 aromatic carbocycles. The number of rotatable bonds is 5. The van der Waals surface area contributed by atoms with Gasteiger partial charge in [0.05, 0.1) is 14.2 Å². The average Bonchev–Trinajstić information content (AvgIpc) is 3.06. The molecule has 0 unspecified atom stereocenters. The van der Waals surface area contributed by atoms with Gasteiger partial charge in [0.25, 0.3) is 0 Å². The molecule has 3 rings (SSSR count). The smallest absolute Gasteiger partial charge is 0.358 e. The highest BCUT2D eigenvalue weighted by Gasteiger charge is 2.23. The summed E-state index contributed by atoms with van der Waals surface area (Å²) in [4.78, 5) is 11.5. The number of para-hydroxylation sites is 2. The molecule has 7 heteroatoms. The molecule has 1 N–H and O–H groups in total. The molecule has 24 heavy (non-hydrogen) atoms. The Hall–Kier alpha value is -3.35. The van der Waals surface area contributed by atoms with E-state index in [9.17, 15) is 9.90 Å². The summed E-state index contributed by atoms with van der Waals surface area (Å²) in [6.45, 7) is 0. The number of benzene rings is 2. The van der Waals surface area contributed by atoms with Crippen molar-refractivity contribution in [1.82, 2.24) is 15.0 Å². The summed E-state index contributed by atoms with van der Waals surface area (Å²) >= 11 is 0. The summed E-state index contributed by atoms with van der Waals surface area (Å²) in [6, 6.07) is 14.2. The number of carboxylic acids is 1. The minimum Gasteiger partial charge on any atom is -0.497 e. The second-order valence-corrected chi connectivity index (χ2v) is 4.90. The maximum absolute atomic E-state index is 11.5. The van der Waals surface area contributed by atoms with Crippen molar-refractivity contribution in [3.05, 3.63) is 54.2 Å². The Morgan fingerprint density at radius 3 is 2.38 bits per heavy atom. The second-order valence-electron chi connectivity index (χ2n) is 4.90. The van der Waals surface area contributed by atoms with Crippen molar-refractivity contribution in [3.63, 3.8) is 0 Å². The molecule has 3 aromatic rings. The zero-order valence-corrected chi connectivity index (χ0v) is 13.1. The lowest BCUT2D eigenvalue weighted by molar-refractivity contribution is 0.0691. The zero-order valence-electron chi connectivity index (χ0n) is 13.1. The number of aromatic carboxylic acids is 1. The van der Waals surface area contributed by atoms with E-state index in [-0.39, 0.29) is 5.69 Å². The highest BCUT2D eigenvalue weighted by atomic mass is 16.5. The van der Waals surface area contributed by atoms with Crippen molar-refractivity contribution in [2.45, 2.75) is 0 Å². The highest BCUT2D eigenvalue weighted by molar-refractivity contribution is 5.93. The van der Waals surface area contributed by atoms with Crippen LogP contribution in [-0.2, 0) is 0 Å². The minimum atomic E-state index is -1.15. The first-order valence-corrected chi connectivity index (χ1v) is 7.12. The van der Waals surface area contributed by atoms with Gasteiger partial charge in [0.15, 0.2) is 5.69 Å². The Bertz CT molecular complexity index is 872. The van der Waals surface area contributed by atoms with Crippen molar-refractivity contribution < 1.29 is 19.4 Å². The summed E-state index contributed by atoms with van der Waals surface area (Å²) < 4.78 is 11.9. The quantitative estimate of drug-likeness (QED) is 0.776. The van der Waals surface area contributed by atoms with E-state index < -0.39 is 5.97 Å². The number of hydrogen-bond donors (Lipinski definition) is 1. The third-order valence-electron chi connectivity index (χ3n) is 3.55. The van der Waals surface area contributed by atoms with Gasteiger partial charge in [0.2, 0.25) is 0 Å². The van der Waals surface area contributed by atoms with Gasteiger partial charge in [-0.2, -0.15) is 0 Å². The molecule has 1 heterocycles. The third kappa shape index (κ3) is 2.67. The fraction of sp³-hybridized carbons (Fsp3) is 0.118. The maximum Gasteiger partial charge on any atom is 0.358 e. The van der Waals surface area contributed by atoms with Crippen LogP contribution in [0, 0.1) is 0 Å². The molecule has 0 fully saturated rings. The van der Waals surface area contributed by atoms with Crippen LogP contribution in [0.5, 0.6) is 11.5 Å². The van der Waals surface area contributed by atoms with Crippen LogP contribution in [0.15, 0.2) is 48.5 Å². The first-order chi connectivity index (χ1) is 11.7. The molecule has 7 nitrogen and oxygen atoms in total. The zero-order chi connectivity index (χ0) is 17.1. The largest absolute Gasteiger partial charge is 0.497 e. The van der Waals surface area contributed by atoms with Gasteiger partial charge in [-0.15, -0.1) is 5.10 Å². The van der Waals surface area contributed by atoms with Gasteiger partial charge in [-0.25, -0.2) is 9.48 Å². The summed E-state index contributed by atoms with van der Waals surface area (Å²) in [5, 5.41) is 17.3. The Kier molecular flexibility index (Phi) is 4.15. The van der Waals surface area contributed by atoms with Crippen LogP contribution < -0.4 is 9.47 Å². The lowest BCUT2D eigenvalue weighted by atomic mass is 10.1. The Balaban J connectivity index is 2.22. The van der Waals surface area contributed by atoms with E-state index in [1.807, 2.05) is 12.1 Å².